The lowest BCUT2D eigenvalue weighted by Crippen LogP contribution is -1.98. The van der Waals surface area contributed by atoms with Crippen LogP contribution in [0.5, 0.6) is 0 Å². The Bertz CT molecular complexity index is 562. The van der Waals surface area contributed by atoms with Gasteiger partial charge in [-0.25, -0.2) is 0 Å². The lowest BCUT2D eigenvalue weighted by Gasteiger charge is -1.94. The molecule has 8 heteroatoms. The molecule has 18 heavy (non-hydrogen) atoms. The second-order valence-corrected chi connectivity index (χ2v) is 4.59. The number of H-pyrrole nitrogens is 1. The van der Waals surface area contributed by atoms with Gasteiger partial charge >= 0.3 is 5.97 Å². The number of carboxylic acids is 1. The first-order chi connectivity index (χ1) is 8.60. The van der Waals surface area contributed by atoms with Crippen molar-refractivity contribution >= 4 is 17.7 Å². The number of thioether (sulfide) groups is 1. The second-order valence-electron chi connectivity index (χ2n) is 3.65. The number of hydrogen-bond acceptors (Lipinski definition) is 5. The molecular weight excluding hydrogens is 254 g/mol. The fourth-order valence-electron chi connectivity index (χ4n) is 1.47. The summed E-state index contributed by atoms with van der Waals surface area (Å²) in [5.41, 5.74) is 1.81. The van der Waals surface area contributed by atoms with Crippen LogP contribution in [0.15, 0.2) is 11.2 Å². The summed E-state index contributed by atoms with van der Waals surface area (Å²) in [5, 5.41) is 20.1. The predicted octanol–water partition coefficient (Wildman–Crippen LogP) is 0.944. The van der Waals surface area contributed by atoms with Crippen molar-refractivity contribution in [3.8, 4) is 11.5 Å². The summed E-state index contributed by atoms with van der Waals surface area (Å²) in [5.74, 6) is -0.346. The van der Waals surface area contributed by atoms with Crippen molar-refractivity contribution in [3.05, 3.63) is 11.8 Å². The van der Waals surface area contributed by atoms with Gasteiger partial charge in [-0.1, -0.05) is 18.7 Å². The van der Waals surface area contributed by atoms with Gasteiger partial charge in [0.15, 0.2) is 5.82 Å². The maximum atomic E-state index is 10.4. The summed E-state index contributed by atoms with van der Waals surface area (Å²) in [6, 6.07) is 1.94. The SMILES string of the molecule is CCc1cc(-c2nc(SCC(=O)O)n[nH]2)n(C)n1. The molecule has 2 rings (SSSR count). The van der Waals surface area contributed by atoms with E-state index in [1.54, 1.807) is 4.68 Å². The molecule has 2 heterocycles. The Morgan fingerprint density at radius 3 is 3.00 bits per heavy atom. The van der Waals surface area contributed by atoms with E-state index in [0.717, 1.165) is 29.6 Å². The Morgan fingerprint density at radius 1 is 1.61 bits per heavy atom. The first-order valence-electron chi connectivity index (χ1n) is 5.40. The average Bonchev–Trinajstić information content (AvgIpc) is 2.92. The van der Waals surface area contributed by atoms with Crippen molar-refractivity contribution in [3.63, 3.8) is 0 Å². The third kappa shape index (κ3) is 2.70. The van der Waals surface area contributed by atoms with Crippen LogP contribution in [0.3, 0.4) is 0 Å². The highest BCUT2D eigenvalue weighted by atomic mass is 32.2. The number of aryl methyl sites for hydroxylation is 2. The molecule has 0 radical (unpaired) electrons. The van der Waals surface area contributed by atoms with Gasteiger partial charge in [-0.15, -0.1) is 5.10 Å². The van der Waals surface area contributed by atoms with E-state index in [9.17, 15) is 4.79 Å². The summed E-state index contributed by atoms with van der Waals surface area (Å²) in [6.07, 6.45) is 0.850. The summed E-state index contributed by atoms with van der Waals surface area (Å²) in [6.45, 7) is 2.03. The number of hydrogen-bond donors (Lipinski definition) is 2. The fraction of sp³-hybridized carbons (Fsp3) is 0.400. The number of nitrogens with one attached hydrogen (secondary N) is 1. The van der Waals surface area contributed by atoms with E-state index in [1.165, 1.54) is 0 Å². The minimum absolute atomic E-state index is 0.0527. The molecule has 0 fully saturated rings. The van der Waals surface area contributed by atoms with Crippen molar-refractivity contribution in [1.29, 1.82) is 0 Å². The van der Waals surface area contributed by atoms with Gasteiger partial charge in [-0.05, 0) is 12.5 Å². The Labute approximate surface area is 108 Å². The molecule has 0 amide bonds. The molecule has 0 aromatic carbocycles. The van der Waals surface area contributed by atoms with Gasteiger partial charge in [-0.3, -0.25) is 14.6 Å². The van der Waals surface area contributed by atoms with E-state index in [-0.39, 0.29) is 5.75 Å². The molecule has 0 aliphatic carbocycles. The molecule has 7 nitrogen and oxygen atoms in total. The van der Waals surface area contributed by atoms with E-state index >= 15 is 0 Å². The number of aromatic amines is 1. The van der Waals surface area contributed by atoms with Crippen LogP contribution in [0, 0.1) is 0 Å². The number of carbonyl (C=O) groups is 1. The van der Waals surface area contributed by atoms with Crippen LogP contribution in [-0.2, 0) is 18.3 Å². The zero-order chi connectivity index (χ0) is 13.1. The average molecular weight is 267 g/mol. The minimum atomic E-state index is -0.889. The smallest absolute Gasteiger partial charge is 0.313 e. The Hall–Kier alpha value is -1.83. The van der Waals surface area contributed by atoms with Crippen molar-refractivity contribution in [2.24, 2.45) is 7.05 Å². The van der Waals surface area contributed by atoms with Gasteiger partial charge in [0.2, 0.25) is 5.16 Å². The third-order valence-electron chi connectivity index (χ3n) is 2.32. The third-order valence-corrected chi connectivity index (χ3v) is 3.16. The normalized spacial score (nSPS) is 10.8. The molecule has 0 unspecified atom stereocenters. The first kappa shape index (κ1) is 12.6. The Kier molecular flexibility index (Phi) is 3.66. The topological polar surface area (TPSA) is 96.7 Å². The van der Waals surface area contributed by atoms with Crippen LogP contribution < -0.4 is 0 Å². The van der Waals surface area contributed by atoms with E-state index in [1.807, 2.05) is 20.0 Å². The van der Waals surface area contributed by atoms with Gasteiger partial charge < -0.3 is 5.11 Å². The molecule has 96 valence electrons. The zero-order valence-corrected chi connectivity index (χ0v) is 10.9. The molecule has 0 saturated heterocycles. The molecule has 0 atom stereocenters. The quantitative estimate of drug-likeness (QED) is 0.783. The molecule has 0 spiro atoms. The van der Waals surface area contributed by atoms with Gasteiger partial charge in [0.1, 0.15) is 5.69 Å². The fourth-order valence-corrected chi connectivity index (χ4v) is 1.99. The van der Waals surface area contributed by atoms with E-state index in [2.05, 4.69) is 20.3 Å². The predicted molar refractivity (Wildman–Crippen MR) is 66.3 cm³/mol. The van der Waals surface area contributed by atoms with Gasteiger partial charge in [-0.2, -0.15) is 10.1 Å². The standard InChI is InChI=1S/C10H13N5O2S/c1-3-6-4-7(15(2)14-6)9-11-10(13-12-9)18-5-8(16)17/h4H,3,5H2,1-2H3,(H,16,17)(H,11,12,13). The Balaban J connectivity index is 2.18. The minimum Gasteiger partial charge on any atom is -0.481 e. The lowest BCUT2D eigenvalue weighted by molar-refractivity contribution is -0.133. The van der Waals surface area contributed by atoms with Gasteiger partial charge in [0.05, 0.1) is 11.4 Å². The van der Waals surface area contributed by atoms with Crippen LogP contribution >= 0.6 is 11.8 Å². The first-order valence-corrected chi connectivity index (χ1v) is 6.39. The molecule has 2 N–H and O–H groups in total. The summed E-state index contributed by atoms with van der Waals surface area (Å²) >= 11 is 1.08. The number of nitrogens with zero attached hydrogens (tertiary/aromatic N) is 4. The van der Waals surface area contributed by atoms with E-state index < -0.39 is 5.97 Å². The molecule has 0 saturated carbocycles. The molecule has 0 aliphatic rings. The van der Waals surface area contributed by atoms with Crippen molar-refractivity contribution in [2.45, 2.75) is 18.5 Å². The highest BCUT2D eigenvalue weighted by Gasteiger charge is 2.12. The van der Waals surface area contributed by atoms with Crippen LogP contribution in [0.25, 0.3) is 11.5 Å². The van der Waals surface area contributed by atoms with Gasteiger partial charge in [0, 0.05) is 7.05 Å². The van der Waals surface area contributed by atoms with Gasteiger partial charge in [0.25, 0.3) is 0 Å². The number of rotatable bonds is 5. The summed E-state index contributed by atoms with van der Waals surface area (Å²) in [4.78, 5) is 14.7. The zero-order valence-electron chi connectivity index (χ0n) is 10.0. The van der Waals surface area contributed by atoms with Crippen LogP contribution in [0.1, 0.15) is 12.6 Å². The second kappa shape index (κ2) is 5.21. The number of aromatic nitrogens is 5. The number of aliphatic carboxylic acids is 1. The van der Waals surface area contributed by atoms with Crippen molar-refractivity contribution in [2.75, 3.05) is 5.75 Å². The summed E-state index contributed by atoms with van der Waals surface area (Å²) in [7, 11) is 1.83. The molecule has 0 aliphatic heterocycles. The maximum Gasteiger partial charge on any atom is 0.313 e. The van der Waals surface area contributed by atoms with E-state index in [4.69, 9.17) is 5.11 Å². The molecule has 2 aromatic heterocycles. The van der Waals surface area contributed by atoms with Crippen LogP contribution in [0.2, 0.25) is 0 Å². The highest BCUT2D eigenvalue weighted by molar-refractivity contribution is 7.99. The highest BCUT2D eigenvalue weighted by Crippen LogP contribution is 2.19. The van der Waals surface area contributed by atoms with Crippen molar-refractivity contribution < 1.29 is 9.90 Å². The van der Waals surface area contributed by atoms with Crippen LogP contribution in [-0.4, -0.2) is 41.8 Å². The number of carboxylic acid groups (broad SMARTS) is 1. The summed E-state index contributed by atoms with van der Waals surface area (Å²) < 4.78 is 1.73. The molecule has 2 aromatic rings. The van der Waals surface area contributed by atoms with E-state index in [0.29, 0.717) is 11.0 Å². The molecular formula is C10H13N5O2S. The lowest BCUT2D eigenvalue weighted by atomic mass is 10.3. The molecule has 0 bridgehead atoms. The maximum absolute atomic E-state index is 10.4. The van der Waals surface area contributed by atoms with Crippen molar-refractivity contribution in [1.82, 2.24) is 25.0 Å². The van der Waals surface area contributed by atoms with Crippen LogP contribution in [0.4, 0.5) is 0 Å². The Morgan fingerprint density at radius 2 is 2.39 bits per heavy atom. The largest absolute Gasteiger partial charge is 0.481 e. The monoisotopic (exact) mass is 267 g/mol.